The number of rotatable bonds is 13. The molecular weight excluding hydrogens is 546 g/mol. The Kier molecular flexibility index (Phi) is 11.6. The summed E-state index contributed by atoms with van der Waals surface area (Å²) >= 11 is 0. The number of benzene rings is 1. The molecule has 0 fully saturated rings. The Morgan fingerprint density at radius 2 is 1.77 bits per heavy atom. The first-order valence-corrected chi connectivity index (χ1v) is 18.5. The minimum Gasteiger partial charge on any atom is -0.493 e. The highest BCUT2D eigenvalue weighted by Gasteiger charge is 2.37. The van der Waals surface area contributed by atoms with Crippen molar-refractivity contribution in [2.75, 3.05) is 19.7 Å². The van der Waals surface area contributed by atoms with Crippen molar-refractivity contribution in [1.29, 1.82) is 0 Å². The summed E-state index contributed by atoms with van der Waals surface area (Å²) in [7, 11) is -5.92. The lowest BCUT2D eigenvalue weighted by molar-refractivity contribution is 0.0224. The number of carbonyl (C=O) groups is 1. The van der Waals surface area contributed by atoms with Crippen molar-refractivity contribution in [3.63, 3.8) is 0 Å². The number of amides is 1. The van der Waals surface area contributed by atoms with Gasteiger partial charge in [0, 0.05) is 42.7 Å². The number of sulfonamides is 1. The molecule has 2 aromatic rings. The Bertz CT molecular complexity index is 1240. The molecule has 11 heteroatoms. The summed E-state index contributed by atoms with van der Waals surface area (Å²) in [6, 6.07) is 5.74. The molecule has 1 heterocycles. The topological polar surface area (TPSA) is 118 Å². The maximum atomic E-state index is 13.6. The van der Waals surface area contributed by atoms with E-state index in [2.05, 4.69) is 43.6 Å². The Morgan fingerprint density at radius 3 is 2.38 bits per heavy atom. The van der Waals surface area contributed by atoms with Crippen LogP contribution in [-0.4, -0.2) is 69.2 Å². The Hall–Kier alpha value is -2.21. The number of carbonyl (C=O) groups excluding carboxylic acids is 1. The second-order valence-corrected chi connectivity index (χ2v) is 19.3. The highest BCUT2D eigenvalue weighted by Crippen LogP contribution is 2.36. The number of fused-ring (bicyclic) bond motifs is 1. The highest BCUT2D eigenvalue weighted by atomic mass is 32.2. The second-order valence-electron chi connectivity index (χ2n) is 12.8. The van der Waals surface area contributed by atoms with Gasteiger partial charge in [0.25, 0.3) is 0 Å². The average Bonchev–Trinajstić information content (AvgIpc) is 2.82. The number of aromatic nitrogens is 1. The molecule has 1 atom stereocenters. The van der Waals surface area contributed by atoms with Crippen molar-refractivity contribution in [2.24, 2.45) is 0 Å². The quantitative estimate of drug-likeness (QED) is 0.202. The number of nitrogens with zero attached hydrogens (tertiary/aromatic N) is 2. The van der Waals surface area contributed by atoms with E-state index in [1.54, 1.807) is 23.1 Å². The van der Waals surface area contributed by atoms with E-state index in [0.29, 0.717) is 36.8 Å². The molecule has 0 aliphatic carbocycles. The second kappa shape index (κ2) is 13.6. The van der Waals surface area contributed by atoms with E-state index in [4.69, 9.17) is 9.16 Å². The Labute approximate surface area is 241 Å². The van der Waals surface area contributed by atoms with Gasteiger partial charge in [-0.1, -0.05) is 46.6 Å². The molecule has 0 aliphatic rings. The summed E-state index contributed by atoms with van der Waals surface area (Å²) in [4.78, 5) is 18.7. The smallest absolute Gasteiger partial charge is 0.410 e. The molecule has 0 saturated heterocycles. The summed E-state index contributed by atoms with van der Waals surface area (Å²) in [6.07, 6.45) is 3.70. The van der Waals surface area contributed by atoms with Crippen LogP contribution in [0.4, 0.5) is 4.79 Å². The largest absolute Gasteiger partial charge is 0.493 e. The van der Waals surface area contributed by atoms with E-state index in [1.807, 2.05) is 27.7 Å². The van der Waals surface area contributed by atoms with E-state index in [-0.39, 0.29) is 22.4 Å². The van der Waals surface area contributed by atoms with Crippen LogP contribution in [0.5, 0.6) is 5.88 Å². The molecule has 2 N–H and O–H groups in total. The monoisotopic (exact) mass is 595 g/mol. The molecule has 0 aliphatic heterocycles. The van der Waals surface area contributed by atoms with Crippen molar-refractivity contribution in [2.45, 2.75) is 109 Å². The van der Waals surface area contributed by atoms with Gasteiger partial charge in [-0.3, -0.25) is 0 Å². The molecule has 1 aromatic heterocycles. The van der Waals surface area contributed by atoms with Crippen molar-refractivity contribution in [3.05, 3.63) is 30.5 Å². The zero-order valence-electron chi connectivity index (χ0n) is 25.7. The number of aromatic hydroxyl groups is 1. The summed E-state index contributed by atoms with van der Waals surface area (Å²) < 4.78 is 42.1. The zero-order valence-corrected chi connectivity index (χ0v) is 27.5. The maximum absolute atomic E-state index is 13.6. The number of ether oxygens (including phenoxy) is 1. The van der Waals surface area contributed by atoms with E-state index in [9.17, 15) is 18.3 Å². The lowest BCUT2D eigenvalue weighted by atomic mass is 10.1. The van der Waals surface area contributed by atoms with Gasteiger partial charge in [0.2, 0.25) is 15.9 Å². The van der Waals surface area contributed by atoms with Crippen LogP contribution >= 0.6 is 0 Å². The Morgan fingerprint density at radius 1 is 1.10 bits per heavy atom. The summed E-state index contributed by atoms with van der Waals surface area (Å²) in [5, 5.41) is 10.9. The van der Waals surface area contributed by atoms with Gasteiger partial charge in [0.1, 0.15) is 5.60 Å². The summed E-state index contributed by atoms with van der Waals surface area (Å²) in [5.74, 6) is -0.229. The van der Waals surface area contributed by atoms with E-state index < -0.39 is 36.1 Å². The fourth-order valence-electron chi connectivity index (χ4n) is 3.97. The molecule has 9 nitrogen and oxygen atoms in total. The van der Waals surface area contributed by atoms with E-state index in [0.717, 1.165) is 12.8 Å². The molecule has 40 heavy (non-hydrogen) atoms. The fraction of sp³-hybridized carbons (Fsp3) is 0.655. The average molecular weight is 596 g/mol. The van der Waals surface area contributed by atoms with Crippen LogP contribution in [0.2, 0.25) is 18.1 Å². The van der Waals surface area contributed by atoms with Crippen molar-refractivity contribution in [3.8, 4) is 5.88 Å². The molecule has 0 saturated carbocycles. The minimum absolute atomic E-state index is 0.0517. The van der Waals surface area contributed by atoms with Gasteiger partial charge in [-0.05, 0) is 69.9 Å². The SMILES string of the molecule is CCCCC(CN(CCCO[Si](C)(C)C(C)(C)C)C(=O)OC(C)(C)C)NS(=O)(=O)c1cccc2c(O)nccc12. The van der Waals surface area contributed by atoms with Crippen LogP contribution in [0, 0.1) is 0 Å². The first-order valence-electron chi connectivity index (χ1n) is 14.1. The Balaban J connectivity index is 2.28. The predicted molar refractivity (Wildman–Crippen MR) is 163 cm³/mol. The molecule has 1 aromatic carbocycles. The molecule has 0 bridgehead atoms. The van der Waals surface area contributed by atoms with E-state index >= 15 is 0 Å². The highest BCUT2D eigenvalue weighted by molar-refractivity contribution is 7.89. The van der Waals surface area contributed by atoms with Gasteiger partial charge >= 0.3 is 6.09 Å². The molecule has 0 radical (unpaired) electrons. The first-order chi connectivity index (χ1) is 18.4. The number of hydrogen-bond donors (Lipinski definition) is 2. The van der Waals surface area contributed by atoms with Gasteiger partial charge in [-0.25, -0.2) is 22.9 Å². The maximum Gasteiger partial charge on any atom is 0.410 e. The lowest BCUT2D eigenvalue weighted by Crippen LogP contribution is -2.48. The number of nitrogens with one attached hydrogen (secondary N) is 1. The number of hydrogen-bond acceptors (Lipinski definition) is 7. The molecule has 2 rings (SSSR count). The van der Waals surface area contributed by atoms with E-state index in [1.165, 1.54) is 12.3 Å². The zero-order chi connectivity index (χ0) is 30.4. The number of unbranched alkanes of at least 4 members (excludes halogenated alkanes) is 1. The summed E-state index contributed by atoms with van der Waals surface area (Å²) in [6.45, 7) is 19.5. The van der Waals surface area contributed by atoms with Crippen LogP contribution < -0.4 is 4.72 Å². The molecule has 1 amide bonds. The van der Waals surface area contributed by atoms with Crippen molar-refractivity contribution >= 4 is 35.2 Å². The predicted octanol–water partition coefficient (Wildman–Crippen LogP) is 6.43. The molecule has 0 spiro atoms. The lowest BCUT2D eigenvalue weighted by Gasteiger charge is -2.36. The van der Waals surface area contributed by atoms with Crippen molar-refractivity contribution in [1.82, 2.24) is 14.6 Å². The van der Waals surface area contributed by atoms with Gasteiger partial charge < -0.3 is 19.2 Å². The molecule has 1 unspecified atom stereocenters. The summed E-state index contributed by atoms with van der Waals surface area (Å²) in [5.41, 5.74) is -0.690. The minimum atomic E-state index is -3.99. The molecular formula is C29H49N3O6SSi. The molecule has 226 valence electrons. The van der Waals surface area contributed by atoms with Gasteiger partial charge in [-0.2, -0.15) is 0 Å². The van der Waals surface area contributed by atoms with Gasteiger partial charge in [0.15, 0.2) is 8.32 Å². The fourth-order valence-corrected chi connectivity index (χ4v) is 6.54. The van der Waals surface area contributed by atoms with Crippen LogP contribution in [0.3, 0.4) is 0 Å². The third kappa shape index (κ3) is 9.71. The number of pyridine rings is 1. The standard InChI is InChI=1S/C29H49N3O6SSi/c1-10-11-14-22(31-39(35,36)25-16-12-15-24-23(25)17-18-30-26(24)33)21-32(27(34)38-28(2,3)4)19-13-20-37-40(8,9)29(5,6)7/h12,15-18,22,31H,10-11,13-14,19-21H2,1-9H3,(H,30,33). The third-order valence-corrected chi connectivity index (χ3v) is 13.3. The third-order valence-electron chi connectivity index (χ3n) is 7.20. The van der Waals surface area contributed by atoms with Crippen LogP contribution in [-0.2, 0) is 19.2 Å². The normalized spacial score (nSPS) is 13.8. The van der Waals surface area contributed by atoms with Crippen LogP contribution in [0.1, 0.15) is 74.1 Å². The van der Waals surface area contributed by atoms with Crippen LogP contribution in [0.15, 0.2) is 35.4 Å². The van der Waals surface area contributed by atoms with Gasteiger partial charge in [0.05, 0.1) is 4.90 Å². The van der Waals surface area contributed by atoms with Gasteiger partial charge in [-0.15, -0.1) is 0 Å². The van der Waals surface area contributed by atoms with Crippen LogP contribution in [0.25, 0.3) is 10.8 Å². The van der Waals surface area contributed by atoms with Crippen molar-refractivity contribution < 1.29 is 27.5 Å². The first kappa shape index (κ1) is 34.0.